The van der Waals surface area contributed by atoms with Crippen molar-refractivity contribution in [3.05, 3.63) is 50.8 Å². The summed E-state index contributed by atoms with van der Waals surface area (Å²) in [5, 5.41) is 5.31. The van der Waals surface area contributed by atoms with Gasteiger partial charge in [0.25, 0.3) is 5.56 Å². The molecule has 2 N–H and O–H groups in total. The molecule has 0 saturated carbocycles. The van der Waals surface area contributed by atoms with E-state index in [-0.39, 0.29) is 17.9 Å². The van der Waals surface area contributed by atoms with E-state index in [0.29, 0.717) is 61.7 Å². The van der Waals surface area contributed by atoms with Crippen LogP contribution < -0.4 is 20.5 Å². The van der Waals surface area contributed by atoms with Gasteiger partial charge in [-0.2, -0.15) is 0 Å². The van der Waals surface area contributed by atoms with E-state index in [4.69, 9.17) is 9.47 Å². The van der Waals surface area contributed by atoms with Crippen LogP contribution in [0.25, 0.3) is 11.3 Å². The van der Waals surface area contributed by atoms with Crippen LogP contribution in [0.1, 0.15) is 23.2 Å². The molecule has 0 atom stereocenters. The van der Waals surface area contributed by atoms with Crippen molar-refractivity contribution in [3.63, 3.8) is 0 Å². The lowest BCUT2D eigenvalue weighted by Crippen LogP contribution is -2.38. The van der Waals surface area contributed by atoms with Crippen LogP contribution in [-0.2, 0) is 22.4 Å². The number of thiazole rings is 1. The standard InChI is InChI=1S/C23H25N5O4S/c1-14-17(21(30)27-22(24-14)28-7-10-31-11-8-28)3-5-20(29)26-23-25-18(13-33-23)15-2-4-19-16(12-15)6-9-32-19/h2,4,12-13H,3,5-11H2,1H3,(H,24,27,30)(H,25,26,29). The van der Waals surface area contributed by atoms with Gasteiger partial charge in [-0.05, 0) is 37.1 Å². The van der Waals surface area contributed by atoms with Crippen LogP contribution in [-0.4, -0.2) is 53.8 Å². The third-order valence-corrected chi connectivity index (χ3v) is 6.62. The van der Waals surface area contributed by atoms with E-state index in [2.05, 4.69) is 26.3 Å². The third-order valence-electron chi connectivity index (χ3n) is 5.86. The highest BCUT2D eigenvalue weighted by Gasteiger charge is 2.18. The second-order valence-corrected chi connectivity index (χ2v) is 8.92. The molecule has 3 aromatic rings. The smallest absolute Gasteiger partial charge is 0.255 e. The maximum absolute atomic E-state index is 12.6. The molecule has 0 bridgehead atoms. The first-order valence-electron chi connectivity index (χ1n) is 11.0. The van der Waals surface area contributed by atoms with Crippen molar-refractivity contribution < 1.29 is 14.3 Å². The molecule has 10 heteroatoms. The highest BCUT2D eigenvalue weighted by atomic mass is 32.1. The van der Waals surface area contributed by atoms with Gasteiger partial charge in [-0.3, -0.25) is 14.6 Å². The number of aryl methyl sites for hydroxylation is 1. The number of nitrogens with zero attached hydrogens (tertiary/aromatic N) is 3. The minimum absolute atomic E-state index is 0.174. The zero-order valence-corrected chi connectivity index (χ0v) is 19.2. The summed E-state index contributed by atoms with van der Waals surface area (Å²) in [6.45, 7) is 5.14. The number of hydrogen-bond donors (Lipinski definition) is 2. The number of anilines is 2. The van der Waals surface area contributed by atoms with Gasteiger partial charge in [-0.25, -0.2) is 9.97 Å². The van der Waals surface area contributed by atoms with Crippen molar-refractivity contribution in [1.82, 2.24) is 15.0 Å². The van der Waals surface area contributed by atoms with E-state index in [0.717, 1.165) is 23.4 Å². The first-order valence-corrected chi connectivity index (χ1v) is 11.9. The number of amides is 1. The summed E-state index contributed by atoms with van der Waals surface area (Å²) in [5.41, 5.74) is 3.98. The van der Waals surface area contributed by atoms with Gasteiger partial charge in [0, 0.05) is 48.1 Å². The number of H-pyrrole nitrogens is 1. The molecule has 4 heterocycles. The largest absolute Gasteiger partial charge is 0.493 e. The number of benzene rings is 1. The Balaban J connectivity index is 1.20. The lowest BCUT2D eigenvalue weighted by molar-refractivity contribution is -0.116. The molecule has 33 heavy (non-hydrogen) atoms. The Morgan fingerprint density at radius 3 is 2.91 bits per heavy atom. The Morgan fingerprint density at radius 1 is 1.24 bits per heavy atom. The fourth-order valence-corrected chi connectivity index (χ4v) is 4.78. The van der Waals surface area contributed by atoms with Gasteiger partial charge >= 0.3 is 0 Å². The van der Waals surface area contributed by atoms with Crippen LogP contribution in [0, 0.1) is 6.92 Å². The van der Waals surface area contributed by atoms with Gasteiger partial charge in [0.1, 0.15) is 5.75 Å². The Kier molecular flexibility index (Phi) is 6.10. The summed E-state index contributed by atoms with van der Waals surface area (Å²) < 4.78 is 10.9. The highest BCUT2D eigenvalue weighted by molar-refractivity contribution is 7.14. The van der Waals surface area contributed by atoms with Gasteiger partial charge in [0.15, 0.2) is 5.13 Å². The molecule has 0 spiro atoms. The lowest BCUT2D eigenvalue weighted by atomic mass is 10.1. The molecule has 0 aliphatic carbocycles. The third kappa shape index (κ3) is 4.76. The number of ether oxygens (including phenoxy) is 2. The number of aromatic amines is 1. The van der Waals surface area contributed by atoms with Gasteiger partial charge < -0.3 is 19.7 Å². The van der Waals surface area contributed by atoms with E-state index >= 15 is 0 Å². The number of hydrogen-bond acceptors (Lipinski definition) is 8. The van der Waals surface area contributed by atoms with Crippen LogP contribution in [0.3, 0.4) is 0 Å². The molecule has 9 nitrogen and oxygen atoms in total. The predicted molar refractivity (Wildman–Crippen MR) is 126 cm³/mol. The van der Waals surface area contributed by atoms with Crippen molar-refractivity contribution in [2.75, 3.05) is 43.1 Å². The number of carbonyl (C=O) groups is 1. The zero-order valence-electron chi connectivity index (χ0n) is 18.3. The average Bonchev–Trinajstić information content (AvgIpc) is 3.48. The Labute approximate surface area is 194 Å². The number of fused-ring (bicyclic) bond motifs is 1. The maximum atomic E-state index is 12.6. The molecule has 2 aliphatic heterocycles. The predicted octanol–water partition coefficient (Wildman–Crippen LogP) is 2.54. The summed E-state index contributed by atoms with van der Waals surface area (Å²) in [5.74, 6) is 1.30. The summed E-state index contributed by atoms with van der Waals surface area (Å²) in [6, 6.07) is 6.03. The van der Waals surface area contributed by atoms with E-state index in [1.165, 1.54) is 16.9 Å². The van der Waals surface area contributed by atoms with E-state index in [9.17, 15) is 9.59 Å². The van der Waals surface area contributed by atoms with E-state index < -0.39 is 0 Å². The van der Waals surface area contributed by atoms with Crippen LogP contribution in [0.2, 0.25) is 0 Å². The molecular formula is C23H25N5O4S. The van der Waals surface area contributed by atoms with Crippen molar-refractivity contribution >= 4 is 28.3 Å². The van der Waals surface area contributed by atoms with Crippen molar-refractivity contribution in [2.45, 2.75) is 26.2 Å². The molecule has 172 valence electrons. The first-order chi connectivity index (χ1) is 16.1. The van der Waals surface area contributed by atoms with Crippen molar-refractivity contribution in [1.29, 1.82) is 0 Å². The Hall–Kier alpha value is -3.24. The van der Waals surface area contributed by atoms with Gasteiger partial charge in [0.2, 0.25) is 11.9 Å². The molecule has 1 amide bonds. The second kappa shape index (κ2) is 9.32. The Morgan fingerprint density at radius 2 is 2.09 bits per heavy atom. The Bertz CT molecular complexity index is 1230. The van der Waals surface area contributed by atoms with Gasteiger partial charge in [0.05, 0.1) is 25.5 Å². The molecule has 1 saturated heterocycles. The molecule has 1 aromatic carbocycles. The first kappa shape index (κ1) is 21.6. The van der Waals surface area contributed by atoms with Crippen LogP contribution >= 0.6 is 11.3 Å². The van der Waals surface area contributed by atoms with Crippen molar-refractivity contribution in [2.24, 2.45) is 0 Å². The lowest BCUT2D eigenvalue weighted by Gasteiger charge is -2.27. The molecule has 0 radical (unpaired) electrons. The SMILES string of the molecule is Cc1nc(N2CCOCC2)[nH]c(=O)c1CCC(=O)Nc1nc(-c2ccc3c(c2)CCO3)cs1. The number of morpholine rings is 1. The molecular weight excluding hydrogens is 442 g/mol. The summed E-state index contributed by atoms with van der Waals surface area (Å²) in [4.78, 5) is 39.1. The quantitative estimate of drug-likeness (QED) is 0.573. The number of nitrogens with one attached hydrogen (secondary N) is 2. The molecule has 2 aromatic heterocycles. The zero-order chi connectivity index (χ0) is 22.8. The fraction of sp³-hybridized carbons (Fsp3) is 0.391. The highest BCUT2D eigenvalue weighted by Crippen LogP contribution is 2.32. The van der Waals surface area contributed by atoms with Crippen LogP contribution in [0.15, 0.2) is 28.4 Å². The number of carbonyl (C=O) groups excluding carboxylic acids is 1. The monoisotopic (exact) mass is 467 g/mol. The fourth-order valence-electron chi connectivity index (χ4n) is 4.04. The summed E-state index contributed by atoms with van der Waals surface area (Å²) >= 11 is 1.38. The minimum atomic E-state index is -0.200. The van der Waals surface area contributed by atoms with Crippen molar-refractivity contribution in [3.8, 4) is 17.0 Å². The van der Waals surface area contributed by atoms with Crippen LogP contribution in [0.4, 0.5) is 11.1 Å². The second-order valence-electron chi connectivity index (χ2n) is 8.06. The number of rotatable bonds is 6. The van der Waals surface area contributed by atoms with Gasteiger partial charge in [-0.15, -0.1) is 11.3 Å². The van der Waals surface area contributed by atoms with E-state index in [1.807, 2.05) is 22.4 Å². The van der Waals surface area contributed by atoms with E-state index in [1.54, 1.807) is 6.92 Å². The maximum Gasteiger partial charge on any atom is 0.255 e. The minimum Gasteiger partial charge on any atom is -0.493 e. The normalized spacial score (nSPS) is 15.2. The summed E-state index contributed by atoms with van der Waals surface area (Å²) in [6.07, 6.45) is 1.39. The molecule has 1 fully saturated rings. The van der Waals surface area contributed by atoms with Crippen LogP contribution in [0.5, 0.6) is 5.75 Å². The molecule has 0 unspecified atom stereocenters. The van der Waals surface area contributed by atoms with Gasteiger partial charge in [-0.1, -0.05) is 0 Å². The summed E-state index contributed by atoms with van der Waals surface area (Å²) in [7, 11) is 0. The molecule has 5 rings (SSSR count). The average molecular weight is 468 g/mol. The topological polar surface area (TPSA) is 109 Å². The molecule has 2 aliphatic rings. The number of aromatic nitrogens is 3.